The second-order valence-corrected chi connectivity index (χ2v) is 12.3. The fourth-order valence-electron chi connectivity index (χ4n) is 5.98. The number of nitrogens with zero attached hydrogens (tertiary/aromatic N) is 2. The van der Waals surface area contributed by atoms with Crippen LogP contribution in [-0.2, 0) is 41.5 Å². The third-order valence-electron chi connectivity index (χ3n) is 8.07. The zero-order valence-corrected chi connectivity index (χ0v) is 29.6. The number of Topliss-reactive ketones (excluding diaryl/α,β-unsaturated/α-hetero) is 2. The van der Waals surface area contributed by atoms with E-state index in [1.165, 1.54) is 66.2 Å². The average Bonchev–Trinajstić information content (AvgIpc) is 3.11. The lowest BCUT2D eigenvalue weighted by Gasteiger charge is -2.36. The summed E-state index contributed by atoms with van der Waals surface area (Å²) in [6.07, 6.45) is 0.0593. The lowest BCUT2D eigenvalue weighted by atomic mass is 9.84. The Kier molecular flexibility index (Phi) is 12.3. The highest BCUT2D eigenvalue weighted by molar-refractivity contribution is 6.34. The predicted molar refractivity (Wildman–Crippen MR) is 190 cm³/mol. The first-order chi connectivity index (χ1) is 24.7. The second-order valence-electron chi connectivity index (χ2n) is 12.3. The zero-order chi connectivity index (χ0) is 38.3. The molecule has 0 bridgehead atoms. The highest BCUT2D eigenvalue weighted by Crippen LogP contribution is 2.39. The lowest BCUT2D eigenvalue weighted by Crippen LogP contribution is -2.53. The Balaban J connectivity index is 0.000000687. The number of rotatable bonds is 8. The van der Waals surface area contributed by atoms with Crippen molar-refractivity contribution >= 4 is 57.9 Å². The smallest absolute Gasteiger partial charge is 0.329 e. The fourth-order valence-corrected chi connectivity index (χ4v) is 5.98. The summed E-state index contributed by atoms with van der Waals surface area (Å²) in [5.41, 5.74) is 1.67. The van der Waals surface area contributed by atoms with Crippen LogP contribution < -0.4 is 0 Å². The predicted octanol–water partition coefficient (Wildman–Crippen LogP) is 4.79. The van der Waals surface area contributed by atoms with Crippen LogP contribution >= 0.6 is 0 Å². The van der Waals surface area contributed by atoms with Crippen LogP contribution in [0.25, 0.3) is 10.8 Å². The Labute approximate surface area is 300 Å². The first-order valence-electron chi connectivity index (χ1n) is 16.3. The largest absolute Gasteiger partial charge is 0.467 e. The van der Waals surface area contributed by atoms with Crippen LogP contribution in [-0.4, -0.2) is 83.2 Å². The van der Waals surface area contributed by atoms with Crippen molar-refractivity contribution in [2.75, 3.05) is 14.2 Å². The summed E-state index contributed by atoms with van der Waals surface area (Å²) >= 11 is 0. The molecule has 0 radical (unpaired) electrons. The molecule has 4 aromatic carbocycles. The Morgan fingerprint density at radius 2 is 0.731 bits per heavy atom. The molecule has 0 fully saturated rings. The third-order valence-corrected chi connectivity index (χ3v) is 8.07. The molecule has 0 saturated carbocycles. The molecule has 4 amide bonds. The fraction of sp³-hybridized carbons (Fsp3) is 0.250. The SMILES string of the molecule is CC(C)=O.CC(C)=O.COC(=O)[C@H](Cc1ccccc1)N1C(=O)c2ccc3c4c(ccc(c24)C1=O)C(=O)N([C@@H](Cc1ccccc1)C(=O)OC)C3=O. The molecule has 0 spiro atoms. The van der Waals surface area contributed by atoms with Gasteiger partial charge in [0.15, 0.2) is 0 Å². The average molecular weight is 707 g/mol. The van der Waals surface area contributed by atoms with Gasteiger partial charge in [0.1, 0.15) is 23.7 Å². The number of hydrogen-bond donors (Lipinski definition) is 0. The van der Waals surface area contributed by atoms with Gasteiger partial charge in [-0.2, -0.15) is 0 Å². The van der Waals surface area contributed by atoms with E-state index in [0.717, 1.165) is 9.80 Å². The van der Waals surface area contributed by atoms with E-state index in [9.17, 15) is 38.4 Å². The molecule has 0 unspecified atom stereocenters. The number of imide groups is 2. The second kappa shape index (κ2) is 16.6. The van der Waals surface area contributed by atoms with Crippen LogP contribution in [0.3, 0.4) is 0 Å². The minimum absolute atomic E-state index is 0.0297. The van der Waals surface area contributed by atoms with Gasteiger partial charge in [-0.1, -0.05) is 60.7 Å². The summed E-state index contributed by atoms with van der Waals surface area (Å²) in [5.74, 6) is -4.21. The third kappa shape index (κ3) is 8.02. The molecule has 4 aromatic rings. The molecule has 12 heteroatoms. The number of benzene rings is 4. The number of carbonyl (C=O) groups is 8. The van der Waals surface area contributed by atoms with Crippen molar-refractivity contribution in [3.05, 3.63) is 118 Å². The van der Waals surface area contributed by atoms with Crippen molar-refractivity contribution in [1.29, 1.82) is 0 Å². The van der Waals surface area contributed by atoms with E-state index in [0.29, 0.717) is 11.1 Å². The van der Waals surface area contributed by atoms with Crippen LogP contribution in [0.2, 0.25) is 0 Å². The van der Waals surface area contributed by atoms with Crippen LogP contribution in [0.15, 0.2) is 84.9 Å². The van der Waals surface area contributed by atoms with E-state index in [4.69, 9.17) is 9.47 Å². The van der Waals surface area contributed by atoms with Crippen molar-refractivity contribution in [2.24, 2.45) is 0 Å². The van der Waals surface area contributed by atoms with Crippen molar-refractivity contribution in [3.63, 3.8) is 0 Å². The maximum atomic E-state index is 13.9. The Morgan fingerprint density at radius 1 is 0.481 bits per heavy atom. The first-order valence-corrected chi connectivity index (χ1v) is 16.3. The number of methoxy groups -OCH3 is 2. The quantitative estimate of drug-likeness (QED) is 0.184. The molecule has 0 N–H and O–H groups in total. The van der Waals surface area contributed by atoms with E-state index in [2.05, 4.69) is 0 Å². The highest BCUT2D eigenvalue weighted by atomic mass is 16.5. The van der Waals surface area contributed by atoms with E-state index in [-0.39, 0.29) is 57.4 Å². The number of esters is 2. The summed E-state index contributed by atoms with van der Waals surface area (Å²) in [7, 11) is 2.36. The minimum Gasteiger partial charge on any atom is -0.467 e. The van der Waals surface area contributed by atoms with Gasteiger partial charge in [0.25, 0.3) is 23.6 Å². The molecule has 2 aliphatic rings. The molecule has 0 aliphatic carbocycles. The molecule has 52 heavy (non-hydrogen) atoms. The maximum Gasteiger partial charge on any atom is 0.329 e. The van der Waals surface area contributed by atoms with Gasteiger partial charge in [-0.15, -0.1) is 0 Å². The summed E-state index contributed by atoms with van der Waals surface area (Å²) < 4.78 is 9.95. The van der Waals surface area contributed by atoms with Crippen LogP contribution in [0, 0.1) is 0 Å². The summed E-state index contributed by atoms with van der Waals surface area (Å²) in [5, 5.41) is 0.294. The number of amides is 4. The zero-order valence-electron chi connectivity index (χ0n) is 29.6. The number of ketones is 2. The number of hydrogen-bond acceptors (Lipinski definition) is 10. The van der Waals surface area contributed by atoms with Crippen LogP contribution in [0.1, 0.15) is 80.3 Å². The normalized spacial score (nSPS) is 14.0. The standard InChI is InChI=1S/C34H26N2O8.2C3H6O/c1-43-33(41)25(17-19-9-5-3-6-10-19)35-29(37)21-13-15-23-28-24(16-14-22(27(21)28)30(35)38)32(40)36(31(23)39)26(34(42)44-2)18-20-11-7-4-8-12-20;2*1-3(2)4/h3-16,25-26H,17-18H2,1-2H3;2*1-2H3/t25-,26-;;/m0../s1. The Hall–Kier alpha value is -6.30. The van der Waals surface area contributed by atoms with Gasteiger partial charge >= 0.3 is 11.9 Å². The van der Waals surface area contributed by atoms with Gasteiger partial charge in [-0.25, -0.2) is 9.59 Å². The Bertz CT molecular complexity index is 1850. The summed E-state index contributed by atoms with van der Waals surface area (Å²) in [6.45, 7) is 6.11. The summed E-state index contributed by atoms with van der Waals surface area (Å²) in [4.78, 5) is 102. The van der Waals surface area contributed by atoms with Crippen LogP contribution in [0.4, 0.5) is 0 Å². The van der Waals surface area contributed by atoms with Gasteiger partial charge in [0.2, 0.25) is 0 Å². The first kappa shape index (κ1) is 38.5. The molecular formula is C40H38N2O10. The maximum absolute atomic E-state index is 13.9. The van der Waals surface area contributed by atoms with E-state index in [1.807, 2.05) is 12.1 Å². The van der Waals surface area contributed by atoms with Gasteiger partial charge in [0, 0.05) is 45.9 Å². The van der Waals surface area contributed by atoms with Gasteiger partial charge in [-0.05, 0) is 63.1 Å². The molecular weight excluding hydrogens is 668 g/mol. The molecule has 6 rings (SSSR count). The lowest BCUT2D eigenvalue weighted by molar-refractivity contribution is -0.146. The Morgan fingerprint density at radius 3 is 0.962 bits per heavy atom. The molecule has 0 saturated heterocycles. The molecule has 0 aromatic heterocycles. The molecule has 2 heterocycles. The van der Waals surface area contributed by atoms with Crippen molar-refractivity contribution in [3.8, 4) is 0 Å². The molecule has 2 atom stereocenters. The molecule has 12 nitrogen and oxygen atoms in total. The van der Waals surface area contributed by atoms with Crippen molar-refractivity contribution in [1.82, 2.24) is 9.80 Å². The van der Waals surface area contributed by atoms with E-state index < -0.39 is 47.7 Å². The van der Waals surface area contributed by atoms with Gasteiger partial charge < -0.3 is 19.1 Å². The van der Waals surface area contributed by atoms with Crippen molar-refractivity contribution in [2.45, 2.75) is 52.6 Å². The topological polar surface area (TPSA) is 161 Å². The number of ether oxygens (including phenoxy) is 2. The van der Waals surface area contributed by atoms with E-state index in [1.54, 1.807) is 48.5 Å². The molecule has 268 valence electrons. The minimum atomic E-state index is -1.25. The summed E-state index contributed by atoms with van der Waals surface area (Å²) in [6, 6.07) is 20.9. The van der Waals surface area contributed by atoms with Crippen LogP contribution in [0.5, 0.6) is 0 Å². The van der Waals surface area contributed by atoms with Crippen molar-refractivity contribution < 1.29 is 47.8 Å². The van der Waals surface area contributed by atoms with Gasteiger partial charge in [0.05, 0.1) is 14.2 Å². The monoisotopic (exact) mass is 706 g/mol. The molecule has 2 aliphatic heterocycles. The van der Waals surface area contributed by atoms with Gasteiger partial charge in [-0.3, -0.25) is 29.0 Å². The highest BCUT2D eigenvalue weighted by Gasteiger charge is 2.46. The van der Waals surface area contributed by atoms with E-state index >= 15 is 0 Å². The number of carbonyl (C=O) groups excluding carboxylic acids is 8.